The normalized spacial score (nSPS) is 11.5. The predicted octanol–water partition coefficient (Wildman–Crippen LogP) is 4.14. The number of rotatable bonds is 8. The molecule has 5 nitrogen and oxygen atoms in total. The lowest BCUT2D eigenvalue weighted by Crippen LogP contribution is -2.19. The van der Waals surface area contributed by atoms with Crippen LogP contribution in [0.2, 0.25) is 0 Å². The van der Waals surface area contributed by atoms with E-state index in [2.05, 4.69) is 0 Å². The summed E-state index contributed by atoms with van der Waals surface area (Å²) in [6, 6.07) is 13.0. The monoisotopic (exact) mass is 341 g/mol. The van der Waals surface area contributed by atoms with Crippen molar-refractivity contribution in [3.8, 4) is 17.2 Å². The molecule has 0 spiro atoms. The Morgan fingerprint density at radius 2 is 1.72 bits per heavy atom. The zero-order valence-corrected chi connectivity index (χ0v) is 15.0. The minimum Gasteiger partial charge on any atom is -0.493 e. The van der Waals surface area contributed by atoms with Crippen LogP contribution in [0.4, 0.5) is 0 Å². The molecule has 2 aromatic rings. The summed E-state index contributed by atoms with van der Waals surface area (Å²) in [6.07, 6.45) is 0. The molecule has 1 N–H and O–H groups in total. The van der Waals surface area contributed by atoms with Crippen LogP contribution in [0.25, 0.3) is 0 Å². The molecule has 0 saturated carbocycles. The van der Waals surface area contributed by atoms with Gasteiger partial charge in [-0.25, -0.2) is 0 Å². The average molecular weight is 341 g/mol. The highest BCUT2D eigenvalue weighted by Gasteiger charge is 2.25. The molecule has 0 bridgehead atoms. The average Bonchev–Trinajstić information content (AvgIpc) is 2.64. The first-order valence-electron chi connectivity index (χ1n) is 8.00. The summed E-state index contributed by atoms with van der Waals surface area (Å²) < 4.78 is 16.7. The number of carbonyl (C=O) groups excluding carboxylic acids is 1. The molecule has 1 atom stereocenters. The molecule has 0 aliphatic rings. The maximum Gasteiger partial charge on any atom is 0.204 e. The SMILES string of the molecule is COc1ccc(C(=O)[C@H](C)C(C)=N)c(OCc2ccccc2)c1OC. The zero-order chi connectivity index (χ0) is 18.4. The molecule has 0 aromatic heterocycles. The van der Waals surface area contributed by atoms with Gasteiger partial charge in [-0.2, -0.15) is 0 Å². The topological polar surface area (TPSA) is 68.6 Å². The van der Waals surface area contributed by atoms with Crippen LogP contribution in [0.3, 0.4) is 0 Å². The molecular formula is C20H23NO4. The van der Waals surface area contributed by atoms with E-state index in [1.807, 2.05) is 30.3 Å². The van der Waals surface area contributed by atoms with Gasteiger partial charge in [0.15, 0.2) is 17.3 Å². The Balaban J connectivity index is 2.44. The molecule has 0 unspecified atom stereocenters. The van der Waals surface area contributed by atoms with Gasteiger partial charge in [0.05, 0.1) is 25.7 Å². The van der Waals surface area contributed by atoms with E-state index in [-0.39, 0.29) is 5.78 Å². The third-order valence-corrected chi connectivity index (χ3v) is 4.03. The van der Waals surface area contributed by atoms with Gasteiger partial charge >= 0.3 is 0 Å². The van der Waals surface area contributed by atoms with E-state index < -0.39 is 5.92 Å². The van der Waals surface area contributed by atoms with Crippen molar-refractivity contribution in [1.82, 2.24) is 0 Å². The molecule has 0 saturated heterocycles. The Morgan fingerprint density at radius 3 is 2.28 bits per heavy atom. The fraction of sp³-hybridized carbons (Fsp3) is 0.300. The molecule has 132 valence electrons. The van der Waals surface area contributed by atoms with Crippen LogP contribution in [0.5, 0.6) is 17.2 Å². The third-order valence-electron chi connectivity index (χ3n) is 4.03. The third kappa shape index (κ3) is 4.18. The summed E-state index contributed by atoms with van der Waals surface area (Å²) in [6.45, 7) is 3.62. The van der Waals surface area contributed by atoms with Crippen molar-refractivity contribution < 1.29 is 19.0 Å². The number of hydrogen-bond donors (Lipinski definition) is 1. The summed E-state index contributed by atoms with van der Waals surface area (Å²) in [5.41, 5.74) is 1.66. The van der Waals surface area contributed by atoms with E-state index in [0.717, 1.165) is 5.56 Å². The fourth-order valence-electron chi connectivity index (χ4n) is 2.40. The number of ketones is 1. The van der Waals surface area contributed by atoms with Gasteiger partial charge in [0.1, 0.15) is 6.61 Å². The molecule has 0 radical (unpaired) electrons. The second-order valence-electron chi connectivity index (χ2n) is 5.72. The van der Waals surface area contributed by atoms with E-state index >= 15 is 0 Å². The van der Waals surface area contributed by atoms with Crippen LogP contribution >= 0.6 is 0 Å². The van der Waals surface area contributed by atoms with Crippen molar-refractivity contribution in [3.05, 3.63) is 53.6 Å². The van der Waals surface area contributed by atoms with Crippen LogP contribution in [0.1, 0.15) is 29.8 Å². The molecule has 0 aliphatic carbocycles. The Morgan fingerprint density at radius 1 is 1.04 bits per heavy atom. The molecular weight excluding hydrogens is 318 g/mol. The van der Waals surface area contributed by atoms with Crippen molar-refractivity contribution in [2.45, 2.75) is 20.5 Å². The number of ether oxygens (including phenoxy) is 3. The van der Waals surface area contributed by atoms with Gasteiger partial charge in [0.2, 0.25) is 5.75 Å². The van der Waals surface area contributed by atoms with E-state index in [0.29, 0.717) is 35.1 Å². The molecule has 2 aromatic carbocycles. The highest BCUT2D eigenvalue weighted by molar-refractivity contribution is 6.12. The maximum absolute atomic E-state index is 12.8. The van der Waals surface area contributed by atoms with Crippen LogP contribution in [-0.4, -0.2) is 25.7 Å². The largest absolute Gasteiger partial charge is 0.493 e. The first kappa shape index (κ1) is 18.5. The van der Waals surface area contributed by atoms with Crippen molar-refractivity contribution in [2.75, 3.05) is 14.2 Å². The second-order valence-corrected chi connectivity index (χ2v) is 5.72. The van der Waals surface area contributed by atoms with Gasteiger partial charge in [0, 0.05) is 5.71 Å². The minimum atomic E-state index is -0.530. The number of Topliss-reactive ketones (excluding diaryl/α,β-unsaturated/α-hetero) is 1. The number of nitrogens with one attached hydrogen (secondary N) is 1. The van der Waals surface area contributed by atoms with E-state index in [1.165, 1.54) is 14.2 Å². The lowest BCUT2D eigenvalue weighted by atomic mass is 9.94. The van der Waals surface area contributed by atoms with E-state index in [4.69, 9.17) is 19.6 Å². The molecule has 5 heteroatoms. The van der Waals surface area contributed by atoms with E-state index in [9.17, 15) is 4.79 Å². The van der Waals surface area contributed by atoms with Gasteiger partial charge in [-0.15, -0.1) is 0 Å². The van der Waals surface area contributed by atoms with Crippen molar-refractivity contribution in [1.29, 1.82) is 5.41 Å². The van der Waals surface area contributed by atoms with Gasteiger partial charge < -0.3 is 19.6 Å². The lowest BCUT2D eigenvalue weighted by molar-refractivity contribution is 0.0955. The highest BCUT2D eigenvalue weighted by Crippen LogP contribution is 2.41. The zero-order valence-electron chi connectivity index (χ0n) is 15.0. The molecule has 0 heterocycles. The van der Waals surface area contributed by atoms with Crippen molar-refractivity contribution >= 4 is 11.5 Å². The first-order valence-corrected chi connectivity index (χ1v) is 8.00. The summed E-state index contributed by atoms with van der Waals surface area (Å²) in [7, 11) is 3.04. The molecule has 0 amide bonds. The van der Waals surface area contributed by atoms with Crippen LogP contribution in [0, 0.1) is 11.3 Å². The van der Waals surface area contributed by atoms with Crippen molar-refractivity contribution in [2.24, 2.45) is 5.92 Å². The highest BCUT2D eigenvalue weighted by atomic mass is 16.5. The Kier molecular flexibility index (Phi) is 6.17. The molecule has 0 aliphatic heterocycles. The van der Waals surface area contributed by atoms with Crippen LogP contribution in [0.15, 0.2) is 42.5 Å². The van der Waals surface area contributed by atoms with Gasteiger partial charge in [-0.3, -0.25) is 4.79 Å². The van der Waals surface area contributed by atoms with Gasteiger partial charge in [-0.1, -0.05) is 30.3 Å². The van der Waals surface area contributed by atoms with Crippen LogP contribution < -0.4 is 14.2 Å². The van der Waals surface area contributed by atoms with Crippen molar-refractivity contribution in [3.63, 3.8) is 0 Å². The molecule has 25 heavy (non-hydrogen) atoms. The van der Waals surface area contributed by atoms with E-state index in [1.54, 1.807) is 26.0 Å². The summed E-state index contributed by atoms with van der Waals surface area (Å²) in [4.78, 5) is 12.8. The fourth-order valence-corrected chi connectivity index (χ4v) is 2.40. The maximum atomic E-state index is 12.8. The molecule has 0 fully saturated rings. The minimum absolute atomic E-state index is 0.184. The Hall–Kier alpha value is -2.82. The summed E-state index contributed by atoms with van der Waals surface area (Å²) in [5.74, 6) is 0.484. The number of methoxy groups -OCH3 is 2. The van der Waals surface area contributed by atoms with Gasteiger partial charge in [-0.05, 0) is 31.5 Å². The first-order chi connectivity index (χ1) is 12.0. The summed E-state index contributed by atoms with van der Waals surface area (Å²) >= 11 is 0. The summed E-state index contributed by atoms with van der Waals surface area (Å²) in [5, 5.41) is 7.75. The lowest BCUT2D eigenvalue weighted by Gasteiger charge is -2.18. The number of carbonyl (C=O) groups is 1. The second kappa shape index (κ2) is 8.33. The Labute approximate surface area is 148 Å². The quantitative estimate of drug-likeness (QED) is 0.579. The smallest absolute Gasteiger partial charge is 0.204 e. The number of hydrogen-bond acceptors (Lipinski definition) is 5. The van der Waals surface area contributed by atoms with Gasteiger partial charge in [0.25, 0.3) is 0 Å². The van der Waals surface area contributed by atoms with Crippen LogP contribution in [-0.2, 0) is 6.61 Å². The number of benzene rings is 2. The molecule has 2 rings (SSSR count). The Bertz CT molecular complexity index is 756. The predicted molar refractivity (Wildman–Crippen MR) is 97.2 cm³/mol. The standard InChI is InChI=1S/C20H23NO4/c1-13(14(2)21)18(22)16-10-11-17(23-3)20(24-4)19(16)25-12-15-8-6-5-7-9-15/h5-11,13,21H,12H2,1-4H3/t13-/m1/s1.